The molecular weight excluding hydrogens is 278 g/mol. The highest BCUT2D eigenvalue weighted by atomic mass is 32.1. The fraction of sp³-hybridized carbons (Fsp3) is 0.615. The minimum Gasteiger partial charge on any atom is -0.465 e. The number of fused-ring (bicyclic) bond motifs is 1. The molecule has 1 aliphatic rings. The topological polar surface area (TPSA) is 82.5 Å². The summed E-state index contributed by atoms with van der Waals surface area (Å²) in [5, 5.41) is 12.6. The Morgan fingerprint density at radius 3 is 2.75 bits per heavy atom. The number of anilines is 1. The summed E-state index contributed by atoms with van der Waals surface area (Å²) in [6.45, 7) is 5.23. The number of thiazole rings is 1. The minimum atomic E-state index is -0.875. The van der Waals surface area contributed by atoms with Gasteiger partial charge in [0.2, 0.25) is 5.91 Å². The predicted molar refractivity (Wildman–Crippen MR) is 77.2 cm³/mol. The third kappa shape index (κ3) is 3.09. The fourth-order valence-electron chi connectivity index (χ4n) is 2.60. The van der Waals surface area contributed by atoms with Crippen LogP contribution in [-0.4, -0.2) is 39.1 Å². The molecule has 2 rings (SSSR count). The summed E-state index contributed by atoms with van der Waals surface area (Å²) in [6.07, 6.45) is 1.34. The Labute approximate surface area is 121 Å². The smallest absolute Gasteiger partial charge is 0.407 e. The highest BCUT2D eigenvalue weighted by molar-refractivity contribution is 7.15. The van der Waals surface area contributed by atoms with E-state index in [-0.39, 0.29) is 18.0 Å². The lowest BCUT2D eigenvalue weighted by Crippen LogP contribution is -2.46. The zero-order chi connectivity index (χ0) is 14.9. The van der Waals surface area contributed by atoms with E-state index in [1.807, 2.05) is 13.8 Å². The van der Waals surface area contributed by atoms with Crippen LogP contribution in [0.25, 0.3) is 0 Å². The Balaban J connectivity index is 2.15. The van der Waals surface area contributed by atoms with Gasteiger partial charge in [-0.1, -0.05) is 0 Å². The summed E-state index contributed by atoms with van der Waals surface area (Å²) in [7, 11) is 0. The maximum atomic E-state index is 11.4. The van der Waals surface area contributed by atoms with Gasteiger partial charge in [0.15, 0.2) is 5.13 Å². The number of aromatic nitrogens is 1. The molecule has 0 fully saturated rings. The second-order valence-electron chi connectivity index (χ2n) is 5.25. The van der Waals surface area contributed by atoms with Gasteiger partial charge < -0.3 is 15.3 Å². The van der Waals surface area contributed by atoms with E-state index in [1.54, 1.807) is 0 Å². The molecule has 6 nitrogen and oxygen atoms in total. The summed E-state index contributed by atoms with van der Waals surface area (Å²) in [4.78, 5) is 29.4. The summed E-state index contributed by atoms with van der Waals surface area (Å²) >= 11 is 1.45. The van der Waals surface area contributed by atoms with Crippen molar-refractivity contribution < 1.29 is 14.7 Å². The van der Waals surface area contributed by atoms with Gasteiger partial charge in [-0.15, -0.1) is 11.3 Å². The van der Waals surface area contributed by atoms with Gasteiger partial charge in [-0.3, -0.25) is 4.79 Å². The first-order valence-electron chi connectivity index (χ1n) is 6.66. The third-order valence-corrected chi connectivity index (χ3v) is 4.40. The highest BCUT2D eigenvalue weighted by Gasteiger charge is 2.31. The molecule has 0 saturated carbocycles. The van der Waals surface area contributed by atoms with Crippen LogP contribution >= 0.6 is 11.3 Å². The van der Waals surface area contributed by atoms with Crippen molar-refractivity contribution >= 4 is 28.5 Å². The van der Waals surface area contributed by atoms with Gasteiger partial charge in [0.1, 0.15) is 0 Å². The Morgan fingerprint density at radius 2 is 2.20 bits per heavy atom. The molecule has 0 aliphatic heterocycles. The third-order valence-electron chi connectivity index (χ3n) is 3.37. The quantitative estimate of drug-likeness (QED) is 0.897. The lowest BCUT2D eigenvalue weighted by molar-refractivity contribution is -0.114. The van der Waals surface area contributed by atoms with E-state index >= 15 is 0 Å². The number of carboxylic acid groups (broad SMARTS) is 1. The maximum Gasteiger partial charge on any atom is 0.407 e. The number of amides is 2. The summed E-state index contributed by atoms with van der Waals surface area (Å²) < 4.78 is 0. The molecule has 1 atom stereocenters. The lowest BCUT2D eigenvalue weighted by Gasteiger charge is -2.34. The predicted octanol–water partition coefficient (Wildman–Crippen LogP) is 2.35. The van der Waals surface area contributed by atoms with E-state index in [4.69, 9.17) is 0 Å². The zero-order valence-corrected chi connectivity index (χ0v) is 12.7. The fourth-order valence-corrected chi connectivity index (χ4v) is 3.72. The van der Waals surface area contributed by atoms with Crippen molar-refractivity contribution in [3.8, 4) is 0 Å². The largest absolute Gasteiger partial charge is 0.465 e. The van der Waals surface area contributed by atoms with Crippen molar-refractivity contribution in [3.63, 3.8) is 0 Å². The lowest BCUT2D eigenvalue weighted by atomic mass is 9.95. The summed E-state index contributed by atoms with van der Waals surface area (Å²) in [6, 6.07) is -0.0487. The minimum absolute atomic E-state index is 0.00868. The monoisotopic (exact) mass is 297 g/mol. The van der Waals surface area contributed by atoms with Gasteiger partial charge >= 0.3 is 6.09 Å². The van der Waals surface area contributed by atoms with Crippen LogP contribution in [0.1, 0.15) is 37.8 Å². The standard InChI is InChI=1S/C13H19N3O3S/c1-7(2)16(13(18)19)9-4-5-10-11(6-9)20-12(15-10)14-8(3)17/h7,9H,4-6H2,1-3H3,(H,18,19)(H,14,15,17). The molecule has 2 N–H and O–H groups in total. The first kappa shape index (κ1) is 14.8. The second kappa shape index (κ2) is 5.78. The first-order chi connectivity index (χ1) is 9.38. The molecule has 7 heteroatoms. The second-order valence-corrected chi connectivity index (χ2v) is 6.33. The Kier molecular flexibility index (Phi) is 4.27. The summed E-state index contributed by atoms with van der Waals surface area (Å²) in [5.41, 5.74) is 0.990. The van der Waals surface area contributed by atoms with Crippen molar-refractivity contribution in [1.82, 2.24) is 9.88 Å². The van der Waals surface area contributed by atoms with Crippen LogP contribution in [-0.2, 0) is 17.6 Å². The Bertz CT molecular complexity index is 527. The van der Waals surface area contributed by atoms with Crippen LogP contribution < -0.4 is 5.32 Å². The molecule has 0 radical (unpaired) electrons. The molecular formula is C13H19N3O3S. The van der Waals surface area contributed by atoms with E-state index in [0.29, 0.717) is 11.6 Å². The molecule has 1 heterocycles. The van der Waals surface area contributed by atoms with Gasteiger partial charge in [0.25, 0.3) is 0 Å². The van der Waals surface area contributed by atoms with E-state index in [2.05, 4.69) is 10.3 Å². The van der Waals surface area contributed by atoms with Gasteiger partial charge in [0, 0.05) is 30.3 Å². The van der Waals surface area contributed by atoms with Crippen LogP contribution in [0.3, 0.4) is 0 Å². The molecule has 1 aliphatic carbocycles. The molecule has 1 aromatic heterocycles. The number of aryl methyl sites for hydroxylation is 1. The van der Waals surface area contributed by atoms with Crippen LogP contribution in [0.2, 0.25) is 0 Å². The maximum absolute atomic E-state index is 11.4. The van der Waals surface area contributed by atoms with Gasteiger partial charge in [-0.2, -0.15) is 0 Å². The molecule has 0 bridgehead atoms. The summed E-state index contributed by atoms with van der Waals surface area (Å²) in [5.74, 6) is -0.137. The van der Waals surface area contributed by atoms with Crippen molar-refractivity contribution in [1.29, 1.82) is 0 Å². The van der Waals surface area contributed by atoms with E-state index in [9.17, 15) is 14.7 Å². The Morgan fingerprint density at radius 1 is 1.50 bits per heavy atom. The molecule has 2 amide bonds. The average molecular weight is 297 g/mol. The number of nitrogens with zero attached hydrogens (tertiary/aromatic N) is 2. The normalized spacial score (nSPS) is 17.7. The van der Waals surface area contributed by atoms with Gasteiger partial charge in [-0.05, 0) is 26.7 Å². The van der Waals surface area contributed by atoms with Crippen LogP contribution in [0.15, 0.2) is 0 Å². The number of carbonyl (C=O) groups is 2. The molecule has 1 unspecified atom stereocenters. The van der Waals surface area contributed by atoms with Crippen molar-refractivity contribution in [3.05, 3.63) is 10.6 Å². The number of hydrogen-bond acceptors (Lipinski definition) is 4. The number of rotatable bonds is 3. The number of nitrogens with one attached hydrogen (secondary N) is 1. The molecule has 0 aromatic carbocycles. The number of hydrogen-bond donors (Lipinski definition) is 2. The number of carbonyl (C=O) groups excluding carboxylic acids is 1. The molecule has 20 heavy (non-hydrogen) atoms. The van der Waals surface area contributed by atoms with Crippen LogP contribution in [0.4, 0.5) is 9.93 Å². The molecule has 0 spiro atoms. The van der Waals surface area contributed by atoms with E-state index in [0.717, 1.165) is 23.4 Å². The van der Waals surface area contributed by atoms with E-state index < -0.39 is 6.09 Å². The zero-order valence-electron chi connectivity index (χ0n) is 11.8. The van der Waals surface area contributed by atoms with E-state index in [1.165, 1.54) is 23.2 Å². The van der Waals surface area contributed by atoms with Crippen molar-refractivity contribution in [2.45, 2.75) is 52.1 Å². The first-order valence-corrected chi connectivity index (χ1v) is 7.47. The highest BCUT2D eigenvalue weighted by Crippen LogP contribution is 2.32. The SMILES string of the molecule is CC(=O)Nc1nc2c(s1)CC(N(C(=O)O)C(C)C)CC2. The van der Waals surface area contributed by atoms with Crippen LogP contribution in [0, 0.1) is 0 Å². The van der Waals surface area contributed by atoms with Gasteiger partial charge in [-0.25, -0.2) is 9.78 Å². The molecule has 110 valence electrons. The van der Waals surface area contributed by atoms with Crippen molar-refractivity contribution in [2.24, 2.45) is 0 Å². The van der Waals surface area contributed by atoms with Gasteiger partial charge in [0.05, 0.1) is 5.69 Å². The Hall–Kier alpha value is -1.63. The molecule has 1 aromatic rings. The molecule has 0 saturated heterocycles. The van der Waals surface area contributed by atoms with Crippen LogP contribution in [0.5, 0.6) is 0 Å². The van der Waals surface area contributed by atoms with Crippen molar-refractivity contribution in [2.75, 3.05) is 5.32 Å². The average Bonchev–Trinajstić information content (AvgIpc) is 2.68.